The van der Waals surface area contributed by atoms with E-state index < -0.39 is 5.41 Å². The second-order valence-corrected chi connectivity index (χ2v) is 3.94. The summed E-state index contributed by atoms with van der Waals surface area (Å²) in [5.41, 5.74) is 4.74. The SMILES string of the molecule is CCCNC(=O)C1(C(N)=NO)CCOCC1. The van der Waals surface area contributed by atoms with E-state index in [4.69, 9.17) is 15.7 Å². The van der Waals surface area contributed by atoms with Crippen LogP contribution in [0, 0.1) is 5.41 Å². The van der Waals surface area contributed by atoms with Gasteiger partial charge in [0.05, 0.1) is 0 Å². The van der Waals surface area contributed by atoms with Crippen molar-refractivity contribution in [2.75, 3.05) is 19.8 Å². The van der Waals surface area contributed by atoms with E-state index in [9.17, 15) is 4.79 Å². The molecule has 0 spiro atoms. The predicted molar refractivity (Wildman–Crippen MR) is 59.2 cm³/mol. The van der Waals surface area contributed by atoms with Gasteiger partial charge in [-0.3, -0.25) is 4.79 Å². The maximum atomic E-state index is 12.0. The average Bonchev–Trinajstić information content (AvgIpc) is 2.35. The molecule has 1 fully saturated rings. The van der Waals surface area contributed by atoms with Gasteiger partial charge >= 0.3 is 0 Å². The standard InChI is InChI=1S/C10H19N3O3/c1-2-5-12-9(14)10(8(11)13-15)3-6-16-7-4-10/h15H,2-7H2,1H3,(H2,11,13)(H,12,14). The fourth-order valence-corrected chi connectivity index (χ4v) is 1.82. The first kappa shape index (κ1) is 12.8. The topological polar surface area (TPSA) is 96.9 Å². The van der Waals surface area contributed by atoms with Crippen molar-refractivity contribution in [2.24, 2.45) is 16.3 Å². The number of hydrogen-bond donors (Lipinski definition) is 3. The molecule has 0 saturated carbocycles. The fraction of sp³-hybridized carbons (Fsp3) is 0.800. The summed E-state index contributed by atoms with van der Waals surface area (Å²) in [7, 11) is 0. The van der Waals surface area contributed by atoms with Gasteiger partial charge in [0, 0.05) is 19.8 Å². The Hall–Kier alpha value is -1.30. The Morgan fingerprint density at radius 1 is 1.56 bits per heavy atom. The lowest BCUT2D eigenvalue weighted by atomic mass is 9.78. The second-order valence-electron chi connectivity index (χ2n) is 3.94. The van der Waals surface area contributed by atoms with Gasteiger partial charge in [-0.2, -0.15) is 0 Å². The summed E-state index contributed by atoms with van der Waals surface area (Å²) in [5.74, 6) is -0.197. The lowest BCUT2D eigenvalue weighted by Gasteiger charge is -2.34. The van der Waals surface area contributed by atoms with Crippen molar-refractivity contribution in [2.45, 2.75) is 26.2 Å². The minimum absolute atomic E-state index is 0.0237. The number of nitrogens with one attached hydrogen (secondary N) is 1. The van der Waals surface area contributed by atoms with Gasteiger partial charge in [-0.25, -0.2) is 0 Å². The Morgan fingerprint density at radius 3 is 2.69 bits per heavy atom. The van der Waals surface area contributed by atoms with Crippen LogP contribution >= 0.6 is 0 Å². The van der Waals surface area contributed by atoms with E-state index in [1.54, 1.807) is 0 Å². The molecule has 0 radical (unpaired) electrons. The first-order valence-corrected chi connectivity index (χ1v) is 5.51. The third-order valence-electron chi connectivity index (χ3n) is 2.91. The molecule has 0 aromatic heterocycles. The van der Waals surface area contributed by atoms with Crippen LogP contribution in [-0.2, 0) is 9.53 Å². The second kappa shape index (κ2) is 5.69. The smallest absolute Gasteiger partial charge is 0.234 e. The van der Waals surface area contributed by atoms with Crippen LogP contribution in [0.4, 0.5) is 0 Å². The fourth-order valence-electron chi connectivity index (χ4n) is 1.82. The van der Waals surface area contributed by atoms with Gasteiger partial charge in [0.25, 0.3) is 0 Å². The summed E-state index contributed by atoms with van der Waals surface area (Å²) in [5, 5.41) is 14.6. The summed E-state index contributed by atoms with van der Waals surface area (Å²) in [6.45, 7) is 3.48. The van der Waals surface area contributed by atoms with E-state index in [-0.39, 0.29) is 11.7 Å². The lowest BCUT2D eigenvalue weighted by molar-refractivity contribution is -0.131. The minimum atomic E-state index is -0.901. The van der Waals surface area contributed by atoms with Crippen LogP contribution in [0.5, 0.6) is 0 Å². The van der Waals surface area contributed by atoms with Gasteiger partial charge in [-0.15, -0.1) is 0 Å². The Labute approximate surface area is 94.8 Å². The van der Waals surface area contributed by atoms with Crippen molar-refractivity contribution in [3.05, 3.63) is 0 Å². The van der Waals surface area contributed by atoms with Gasteiger partial charge < -0.3 is 21.0 Å². The van der Waals surface area contributed by atoms with Gasteiger partial charge in [-0.1, -0.05) is 12.1 Å². The van der Waals surface area contributed by atoms with E-state index >= 15 is 0 Å². The molecule has 16 heavy (non-hydrogen) atoms. The number of nitrogens with two attached hydrogens (primary N) is 1. The van der Waals surface area contributed by atoms with E-state index in [1.807, 2.05) is 6.92 Å². The van der Waals surface area contributed by atoms with E-state index in [0.717, 1.165) is 6.42 Å². The summed E-state index contributed by atoms with van der Waals surface area (Å²) >= 11 is 0. The maximum absolute atomic E-state index is 12.0. The van der Waals surface area contributed by atoms with Gasteiger partial charge in [-0.05, 0) is 19.3 Å². The van der Waals surface area contributed by atoms with Crippen LogP contribution in [0.3, 0.4) is 0 Å². The number of nitrogens with zero attached hydrogens (tertiary/aromatic N) is 1. The normalized spacial score (nSPS) is 20.4. The zero-order valence-corrected chi connectivity index (χ0v) is 9.53. The van der Waals surface area contributed by atoms with Crippen molar-refractivity contribution in [3.63, 3.8) is 0 Å². The van der Waals surface area contributed by atoms with E-state index in [1.165, 1.54) is 0 Å². The molecule has 92 valence electrons. The van der Waals surface area contributed by atoms with Crippen LogP contribution in [0.25, 0.3) is 0 Å². The molecule has 1 rings (SSSR count). The van der Waals surface area contributed by atoms with E-state index in [2.05, 4.69) is 10.5 Å². The Morgan fingerprint density at radius 2 is 2.19 bits per heavy atom. The first-order valence-electron chi connectivity index (χ1n) is 5.51. The van der Waals surface area contributed by atoms with Crippen LogP contribution < -0.4 is 11.1 Å². The molecule has 0 aromatic carbocycles. The number of amides is 1. The summed E-state index contributed by atoms with van der Waals surface area (Å²) in [4.78, 5) is 12.0. The Balaban J connectivity index is 2.81. The number of rotatable bonds is 4. The highest BCUT2D eigenvalue weighted by Crippen LogP contribution is 2.31. The number of oxime groups is 1. The molecule has 1 aliphatic heterocycles. The van der Waals surface area contributed by atoms with Crippen molar-refractivity contribution in [3.8, 4) is 0 Å². The molecular weight excluding hydrogens is 210 g/mol. The summed E-state index contributed by atoms with van der Waals surface area (Å²) < 4.78 is 5.20. The zero-order chi connectivity index (χ0) is 12.0. The molecule has 0 bridgehead atoms. The van der Waals surface area contributed by atoms with Gasteiger partial charge in [0.1, 0.15) is 5.41 Å². The van der Waals surface area contributed by atoms with Crippen molar-refractivity contribution in [1.82, 2.24) is 5.32 Å². The maximum Gasteiger partial charge on any atom is 0.234 e. The number of amidine groups is 1. The molecule has 0 atom stereocenters. The Bertz CT molecular complexity index is 272. The molecule has 1 aliphatic rings. The van der Waals surface area contributed by atoms with Crippen LogP contribution in [0.15, 0.2) is 5.16 Å². The highest BCUT2D eigenvalue weighted by atomic mass is 16.5. The lowest BCUT2D eigenvalue weighted by Crippen LogP contribution is -2.52. The molecule has 1 heterocycles. The van der Waals surface area contributed by atoms with Crippen LogP contribution in [0.2, 0.25) is 0 Å². The number of carbonyl (C=O) groups excluding carboxylic acids is 1. The monoisotopic (exact) mass is 229 g/mol. The number of carbonyl (C=O) groups is 1. The minimum Gasteiger partial charge on any atom is -0.409 e. The molecule has 0 aromatic rings. The highest BCUT2D eigenvalue weighted by molar-refractivity contribution is 6.06. The number of ether oxygens (including phenoxy) is 1. The van der Waals surface area contributed by atoms with Crippen molar-refractivity contribution < 1.29 is 14.7 Å². The largest absolute Gasteiger partial charge is 0.409 e. The third kappa shape index (κ3) is 2.44. The average molecular weight is 229 g/mol. The van der Waals surface area contributed by atoms with Crippen molar-refractivity contribution in [1.29, 1.82) is 0 Å². The van der Waals surface area contributed by atoms with Gasteiger partial charge in [0.2, 0.25) is 5.91 Å². The molecule has 0 unspecified atom stereocenters. The predicted octanol–water partition coefficient (Wildman–Crippen LogP) is 0.0558. The molecule has 1 saturated heterocycles. The summed E-state index contributed by atoms with van der Waals surface area (Å²) in [6, 6.07) is 0. The summed E-state index contributed by atoms with van der Waals surface area (Å²) in [6.07, 6.45) is 1.77. The molecule has 6 nitrogen and oxygen atoms in total. The molecule has 4 N–H and O–H groups in total. The van der Waals surface area contributed by atoms with E-state index in [0.29, 0.717) is 32.6 Å². The number of hydrogen-bond acceptors (Lipinski definition) is 4. The van der Waals surface area contributed by atoms with Crippen molar-refractivity contribution >= 4 is 11.7 Å². The quantitative estimate of drug-likeness (QED) is 0.275. The zero-order valence-electron chi connectivity index (χ0n) is 9.53. The Kier molecular flexibility index (Phi) is 4.54. The van der Waals surface area contributed by atoms with Crippen LogP contribution in [0.1, 0.15) is 26.2 Å². The molecule has 1 amide bonds. The highest BCUT2D eigenvalue weighted by Gasteiger charge is 2.44. The van der Waals surface area contributed by atoms with Gasteiger partial charge in [0.15, 0.2) is 5.84 Å². The third-order valence-corrected chi connectivity index (χ3v) is 2.91. The van der Waals surface area contributed by atoms with Crippen LogP contribution in [-0.4, -0.2) is 36.7 Å². The molecule has 6 heteroatoms. The molecular formula is C10H19N3O3. The first-order chi connectivity index (χ1) is 7.67. The molecule has 0 aliphatic carbocycles.